The van der Waals surface area contributed by atoms with E-state index in [2.05, 4.69) is 9.97 Å². The molecule has 0 saturated carbocycles. The number of nitrogen functional groups attached to an aromatic ring is 2. The molecule has 2 fully saturated rings. The van der Waals surface area contributed by atoms with E-state index in [0.29, 0.717) is 0 Å². The summed E-state index contributed by atoms with van der Waals surface area (Å²) in [6, 6.07) is 4.92. The highest BCUT2D eigenvalue weighted by Crippen LogP contribution is 2.36. The van der Waals surface area contributed by atoms with Crippen molar-refractivity contribution in [2.24, 2.45) is 0 Å². The van der Waals surface area contributed by atoms with Gasteiger partial charge in [-0.05, 0) is 29.8 Å². The van der Waals surface area contributed by atoms with Crippen LogP contribution < -0.4 is 22.8 Å². The number of hydrogen-bond acceptors (Lipinski definition) is 16. The molecule has 0 amide bonds. The first-order chi connectivity index (χ1) is 21.4. The topological polar surface area (TPSA) is 305 Å². The molecule has 1 aromatic carbocycles. The van der Waals surface area contributed by atoms with E-state index in [-0.39, 0.29) is 39.7 Å². The van der Waals surface area contributed by atoms with Crippen molar-refractivity contribution < 1.29 is 45.0 Å². The van der Waals surface area contributed by atoms with E-state index in [1.807, 2.05) is 0 Å². The number of ether oxygens (including phenoxy) is 2. The largest absolute Gasteiger partial charge is 0.394 e. The number of anilines is 2. The Morgan fingerprint density at radius 2 is 1.40 bits per heavy atom. The zero-order valence-electron chi connectivity index (χ0n) is 23.1. The van der Waals surface area contributed by atoms with Crippen LogP contribution in [0.15, 0.2) is 40.1 Å². The number of aliphatic hydroxyl groups excluding tert-OH is 6. The number of non-ortho nitro benzene ring substituents is 1. The normalized spacial score (nSPS) is 28.2. The Kier molecular flexibility index (Phi) is 8.78. The molecule has 2 aromatic heterocycles. The van der Waals surface area contributed by atoms with E-state index in [4.69, 9.17) is 20.9 Å². The van der Waals surface area contributed by atoms with Gasteiger partial charge < -0.3 is 51.6 Å². The van der Waals surface area contributed by atoms with Crippen LogP contribution in [0.5, 0.6) is 0 Å². The van der Waals surface area contributed by atoms with Gasteiger partial charge in [-0.3, -0.25) is 19.2 Å². The van der Waals surface area contributed by atoms with Crippen LogP contribution in [-0.2, 0) is 9.47 Å². The monoisotopic (exact) mass is 631 g/mol. The lowest BCUT2D eigenvalue weighted by Gasteiger charge is -2.23. The number of nitro groups is 1. The number of nitrogens with two attached hydrogens (primary N) is 2. The van der Waals surface area contributed by atoms with E-state index < -0.39 is 78.6 Å². The molecule has 10 N–H and O–H groups in total. The standard InChI is InChI=1S/C26H29N7O12/c27-21-11(7-31(25(40)29-21)23-19(38)17(36)14(8-34)44-23)3-6-13-16(10-1-4-12(5-2-10)33(42)43)32(26(41)30-22(13)28)24-20(39)18(37)15(9-35)45-24/h1-7,14-15,17-20,23-24,34-39H,8-9H2,(H2,27,29,40)(H2,28,30,41)/b6-3+/t14-,15-,17-,18-,19-,20-,23?,24?/m1/s1. The highest BCUT2D eigenvalue weighted by atomic mass is 16.6. The molecule has 2 unspecified atom stereocenters. The maximum Gasteiger partial charge on any atom is 0.352 e. The van der Waals surface area contributed by atoms with Crippen molar-refractivity contribution in [3.05, 3.63) is 72.7 Å². The fraction of sp³-hybridized carbons (Fsp3) is 0.385. The molecule has 8 atom stereocenters. The molecule has 2 aliphatic heterocycles. The van der Waals surface area contributed by atoms with Crippen molar-refractivity contribution in [2.75, 3.05) is 24.7 Å². The van der Waals surface area contributed by atoms with Crippen molar-refractivity contribution in [3.8, 4) is 11.3 Å². The second-order valence-electron chi connectivity index (χ2n) is 10.3. The third kappa shape index (κ3) is 5.69. The fourth-order valence-electron chi connectivity index (χ4n) is 5.18. The third-order valence-electron chi connectivity index (χ3n) is 7.55. The quantitative estimate of drug-likeness (QED) is 0.0903. The van der Waals surface area contributed by atoms with E-state index in [0.717, 1.165) is 21.3 Å². The molecule has 2 saturated heterocycles. The SMILES string of the molecule is Nc1nc(=O)n(C2O[C@H](CO)[C@@H](O)[C@H]2O)cc1/C=C/c1c(N)nc(=O)n(C2O[C@H](CO)[C@@H](O)[C@H]2O)c1-c1ccc([N+](=O)[O-])cc1. The molecule has 19 nitrogen and oxygen atoms in total. The average molecular weight is 632 g/mol. The average Bonchev–Trinajstić information content (AvgIpc) is 3.46. The zero-order chi connectivity index (χ0) is 32.7. The predicted molar refractivity (Wildman–Crippen MR) is 153 cm³/mol. The van der Waals surface area contributed by atoms with Crippen LogP contribution in [-0.4, -0.2) is 105 Å². The molecule has 3 aromatic rings. The van der Waals surface area contributed by atoms with Crippen LogP contribution in [0, 0.1) is 10.1 Å². The number of benzene rings is 1. The number of aromatic nitrogens is 4. The Bertz CT molecular complexity index is 1740. The third-order valence-corrected chi connectivity index (χ3v) is 7.55. The predicted octanol–water partition coefficient (Wildman–Crippen LogP) is -3.07. The van der Waals surface area contributed by atoms with Gasteiger partial charge in [-0.1, -0.05) is 0 Å². The Hall–Kier alpha value is -4.60. The van der Waals surface area contributed by atoms with E-state index >= 15 is 0 Å². The smallest absolute Gasteiger partial charge is 0.352 e. The van der Waals surface area contributed by atoms with Gasteiger partial charge in [0.25, 0.3) is 5.69 Å². The molecular weight excluding hydrogens is 602 g/mol. The summed E-state index contributed by atoms with van der Waals surface area (Å²) >= 11 is 0. The molecule has 240 valence electrons. The van der Waals surface area contributed by atoms with Gasteiger partial charge in [0.15, 0.2) is 12.5 Å². The second kappa shape index (κ2) is 12.4. The number of nitrogens with zero attached hydrogens (tertiary/aromatic N) is 5. The Morgan fingerprint density at radius 3 is 1.96 bits per heavy atom. The van der Waals surface area contributed by atoms with Crippen LogP contribution in [0.3, 0.4) is 0 Å². The molecule has 0 bridgehead atoms. The molecule has 0 aliphatic carbocycles. The zero-order valence-corrected chi connectivity index (χ0v) is 23.1. The van der Waals surface area contributed by atoms with Gasteiger partial charge in [0.05, 0.1) is 23.8 Å². The Morgan fingerprint density at radius 1 is 0.844 bits per heavy atom. The minimum absolute atomic E-state index is 0.00580. The highest BCUT2D eigenvalue weighted by Gasteiger charge is 2.45. The minimum Gasteiger partial charge on any atom is -0.394 e. The Labute approximate surface area is 251 Å². The summed E-state index contributed by atoms with van der Waals surface area (Å²) in [5.74, 6) is -0.615. The van der Waals surface area contributed by atoms with Gasteiger partial charge in [0, 0.05) is 29.5 Å². The summed E-state index contributed by atoms with van der Waals surface area (Å²) in [6.45, 7) is -1.33. The minimum atomic E-state index is -1.71. The molecular formula is C26H29N7O12. The number of aliphatic hydroxyl groups is 6. The maximum absolute atomic E-state index is 13.2. The molecule has 2 aliphatic rings. The van der Waals surface area contributed by atoms with Crippen molar-refractivity contribution >= 4 is 29.5 Å². The van der Waals surface area contributed by atoms with E-state index in [1.165, 1.54) is 30.5 Å². The molecule has 0 radical (unpaired) electrons. The van der Waals surface area contributed by atoms with Crippen molar-refractivity contribution in [2.45, 2.75) is 49.1 Å². The van der Waals surface area contributed by atoms with Gasteiger partial charge in [-0.15, -0.1) is 0 Å². The van der Waals surface area contributed by atoms with Gasteiger partial charge in [-0.2, -0.15) is 9.97 Å². The molecule has 45 heavy (non-hydrogen) atoms. The molecule has 4 heterocycles. The lowest BCUT2D eigenvalue weighted by molar-refractivity contribution is -0.384. The highest BCUT2D eigenvalue weighted by molar-refractivity contribution is 5.85. The molecule has 5 rings (SSSR count). The van der Waals surface area contributed by atoms with Gasteiger partial charge in [-0.25, -0.2) is 9.59 Å². The van der Waals surface area contributed by atoms with Gasteiger partial charge in [0.1, 0.15) is 48.3 Å². The lowest BCUT2D eigenvalue weighted by Crippen LogP contribution is -2.37. The molecule has 0 spiro atoms. The first-order valence-electron chi connectivity index (χ1n) is 13.4. The van der Waals surface area contributed by atoms with Crippen LogP contribution in [0.25, 0.3) is 23.4 Å². The van der Waals surface area contributed by atoms with Crippen LogP contribution in [0.2, 0.25) is 0 Å². The summed E-state index contributed by atoms with van der Waals surface area (Å²) in [6.07, 6.45) is -8.05. The van der Waals surface area contributed by atoms with Crippen molar-refractivity contribution in [1.29, 1.82) is 0 Å². The van der Waals surface area contributed by atoms with Gasteiger partial charge >= 0.3 is 11.4 Å². The van der Waals surface area contributed by atoms with Crippen LogP contribution in [0.1, 0.15) is 23.6 Å². The molecule has 19 heteroatoms. The van der Waals surface area contributed by atoms with Crippen molar-refractivity contribution in [3.63, 3.8) is 0 Å². The van der Waals surface area contributed by atoms with E-state index in [1.54, 1.807) is 0 Å². The van der Waals surface area contributed by atoms with E-state index in [9.17, 15) is 50.3 Å². The summed E-state index contributed by atoms with van der Waals surface area (Å²) in [7, 11) is 0. The summed E-state index contributed by atoms with van der Waals surface area (Å²) in [5, 5.41) is 71.9. The Balaban J connectivity index is 1.66. The fourth-order valence-corrected chi connectivity index (χ4v) is 5.18. The number of nitro benzene ring substituents is 1. The van der Waals surface area contributed by atoms with Crippen LogP contribution >= 0.6 is 0 Å². The summed E-state index contributed by atoms with van der Waals surface area (Å²) in [5.41, 5.74) is 10.1. The first-order valence-corrected chi connectivity index (χ1v) is 13.4. The second-order valence-corrected chi connectivity index (χ2v) is 10.3. The van der Waals surface area contributed by atoms with Gasteiger partial charge in [0.2, 0.25) is 0 Å². The number of hydrogen-bond donors (Lipinski definition) is 8. The first kappa shape index (κ1) is 31.8. The van der Waals surface area contributed by atoms with Crippen LogP contribution in [0.4, 0.5) is 17.3 Å². The lowest BCUT2D eigenvalue weighted by atomic mass is 10.0. The maximum atomic E-state index is 13.2. The summed E-state index contributed by atoms with van der Waals surface area (Å²) < 4.78 is 12.7. The van der Waals surface area contributed by atoms with Crippen molar-refractivity contribution in [1.82, 2.24) is 19.1 Å². The summed E-state index contributed by atoms with van der Waals surface area (Å²) in [4.78, 5) is 44.0. The number of rotatable bonds is 8.